The minimum absolute atomic E-state index is 0.136. The Bertz CT molecular complexity index is 1490. The largest absolute Gasteiger partial charge is 0.322 e. The highest BCUT2D eigenvalue weighted by Crippen LogP contribution is 2.61. The maximum Gasteiger partial charge on any atom is 0.255 e. The van der Waals surface area contributed by atoms with Crippen molar-refractivity contribution in [2.75, 3.05) is 10.2 Å². The number of imide groups is 1. The molecule has 0 radical (unpaired) electrons. The van der Waals surface area contributed by atoms with Gasteiger partial charge in [-0.1, -0.05) is 66.7 Å². The Balaban J connectivity index is 1.23. The summed E-state index contributed by atoms with van der Waals surface area (Å²) in [6, 6.07) is 30.8. The summed E-state index contributed by atoms with van der Waals surface area (Å²) in [6.45, 7) is 1.94. The fourth-order valence-corrected chi connectivity index (χ4v) is 6.60. The molecule has 4 aliphatic rings. The zero-order valence-corrected chi connectivity index (χ0v) is 20.2. The van der Waals surface area contributed by atoms with Crippen molar-refractivity contribution in [3.05, 3.63) is 130 Å². The molecule has 4 aromatic rings. The SMILES string of the molecule is Cc1ccccc1NC(=O)c1ccc(N2C(=O)C3C4c5ccccc5C(c5ccccc54)C3C2=O)cc1. The molecule has 8 rings (SSSR count). The summed E-state index contributed by atoms with van der Waals surface area (Å²) >= 11 is 0. The van der Waals surface area contributed by atoms with Gasteiger partial charge >= 0.3 is 0 Å². The number of aryl methyl sites for hydroxylation is 1. The number of amides is 3. The van der Waals surface area contributed by atoms with Gasteiger partial charge in [-0.2, -0.15) is 0 Å². The van der Waals surface area contributed by atoms with E-state index >= 15 is 0 Å². The second kappa shape index (κ2) is 8.00. The standard InChI is InChI=1S/C32H24N2O3/c1-18-8-2-7-13-25(18)33-30(35)19-14-16-20(17-15-19)34-31(36)28-26-21-9-3-4-10-22(21)27(29(28)32(34)37)24-12-6-5-11-23(24)26/h2-17,26-29H,1H3,(H,33,35). The van der Waals surface area contributed by atoms with E-state index in [0.717, 1.165) is 33.5 Å². The van der Waals surface area contributed by atoms with Crippen LogP contribution in [0.5, 0.6) is 0 Å². The Labute approximate surface area is 214 Å². The number of hydrogen-bond donors (Lipinski definition) is 1. The smallest absolute Gasteiger partial charge is 0.255 e. The fraction of sp³-hybridized carbons (Fsp3) is 0.156. The monoisotopic (exact) mass is 484 g/mol. The van der Waals surface area contributed by atoms with E-state index in [1.54, 1.807) is 24.3 Å². The maximum atomic E-state index is 13.9. The Morgan fingerprint density at radius 1 is 0.649 bits per heavy atom. The summed E-state index contributed by atoms with van der Waals surface area (Å²) in [7, 11) is 0. The molecule has 0 saturated carbocycles. The van der Waals surface area contributed by atoms with Crippen molar-refractivity contribution < 1.29 is 14.4 Å². The molecule has 2 atom stereocenters. The zero-order valence-electron chi connectivity index (χ0n) is 20.2. The molecule has 2 unspecified atom stereocenters. The van der Waals surface area contributed by atoms with Crippen molar-refractivity contribution in [3.63, 3.8) is 0 Å². The molecule has 0 aromatic heterocycles. The maximum absolute atomic E-state index is 13.9. The lowest BCUT2D eigenvalue weighted by Gasteiger charge is -2.45. The molecule has 3 aliphatic carbocycles. The average Bonchev–Trinajstić information content (AvgIpc) is 3.20. The van der Waals surface area contributed by atoms with Gasteiger partial charge in [-0.25, -0.2) is 4.90 Å². The summed E-state index contributed by atoms with van der Waals surface area (Å²) in [5, 5.41) is 2.93. The van der Waals surface area contributed by atoms with Crippen LogP contribution in [0.1, 0.15) is 50.0 Å². The molecule has 5 nitrogen and oxygen atoms in total. The van der Waals surface area contributed by atoms with Crippen LogP contribution >= 0.6 is 0 Å². The van der Waals surface area contributed by atoms with Gasteiger partial charge in [0.2, 0.25) is 11.8 Å². The topological polar surface area (TPSA) is 66.5 Å². The first-order valence-corrected chi connectivity index (χ1v) is 12.6. The van der Waals surface area contributed by atoms with Crippen molar-refractivity contribution in [1.29, 1.82) is 0 Å². The normalized spacial score (nSPS) is 22.9. The molecule has 3 amide bonds. The van der Waals surface area contributed by atoms with E-state index in [1.165, 1.54) is 4.90 Å². The van der Waals surface area contributed by atoms with E-state index < -0.39 is 11.8 Å². The first-order chi connectivity index (χ1) is 18.0. The van der Waals surface area contributed by atoms with Gasteiger partial charge in [0.15, 0.2) is 0 Å². The van der Waals surface area contributed by atoms with Gasteiger partial charge < -0.3 is 5.32 Å². The second-order valence-electron chi connectivity index (χ2n) is 10.1. The van der Waals surface area contributed by atoms with Crippen molar-refractivity contribution in [2.45, 2.75) is 18.8 Å². The molecular weight excluding hydrogens is 460 g/mol. The summed E-state index contributed by atoms with van der Waals surface area (Å²) in [6.07, 6.45) is 0. The third kappa shape index (κ3) is 3.07. The Kier molecular flexibility index (Phi) is 4.70. The summed E-state index contributed by atoms with van der Waals surface area (Å²) in [5.41, 5.74) is 7.29. The highest BCUT2D eigenvalue weighted by molar-refractivity contribution is 6.23. The summed E-state index contributed by atoms with van der Waals surface area (Å²) < 4.78 is 0. The van der Waals surface area contributed by atoms with Crippen molar-refractivity contribution in [1.82, 2.24) is 0 Å². The lowest BCUT2D eigenvalue weighted by atomic mass is 9.55. The predicted octanol–water partition coefficient (Wildman–Crippen LogP) is 5.64. The number of para-hydroxylation sites is 1. The minimum atomic E-state index is -0.425. The third-order valence-electron chi connectivity index (χ3n) is 8.23. The Morgan fingerprint density at radius 2 is 1.11 bits per heavy atom. The Morgan fingerprint density at radius 3 is 1.59 bits per heavy atom. The number of nitrogens with zero attached hydrogens (tertiary/aromatic N) is 1. The molecule has 0 spiro atoms. The van der Waals surface area contributed by atoms with Crippen LogP contribution in [0.15, 0.2) is 97.1 Å². The van der Waals surface area contributed by atoms with Crippen LogP contribution in [-0.2, 0) is 9.59 Å². The van der Waals surface area contributed by atoms with Gasteiger partial charge in [0.1, 0.15) is 0 Å². The first-order valence-electron chi connectivity index (χ1n) is 12.6. The number of hydrogen-bond acceptors (Lipinski definition) is 3. The van der Waals surface area contributed by atoms with Crippen LogP contribution in [0, 0.1) is 18.8 Å². The van der Waals surface area contributed by atoms with Crippen molar-refractivity contribution in [3.8, 4) is 0 Å². The summed E-state index contributed by atoms with van der Waals surface area (Å²) in [4.78, 5) is 41.9. The average molecular weight is 485 g/mol. The molecule has 4 aromatic carbocycles. The lowest BCUT2D eigenvalue weighted by molar-refractivity contribution is -0.122. The van der Waals surface area contributed by atoms with E-state index in [4.69, 9.17) is 0 Å². The highest BCUT2D eigenvalue weighted by Gasteiger charge is 2.61. The quantitative estimate of drug-likeness (QED) is 0.383. The molecular formula is C32H24N2O3. The predicted molar refractivity (Wildman–Crippen MR) is 142 cm³/mol. The molecule has 37 heavy (non-hydrogen) atoms. The van der Waals surface area contributed by atoms with Crippen LogP contribution in [0.2, 0.25) is 0 Å². The van der Waals surface area contributed by atoms with Crippen LogP contribution in [-0.4, -0.2) is 17.7 Å². The molecule has 1 saturated heterocycles. The summed E-state index contributed by atoms with van der Waals surface area (Å²) in [5.74, 6) is -1.68. The van der Waals surface area contributed by atoms with E-state index in [0.29, 0.717) is 11.3 Å². The third-order valence-corrected chi connectivity index (χ3v) is 8.23. The van der Waals surface area contributed by atoms with Crippen molar-refractivity contribution >= 4 is 29.1 Å². The molecule has 1 fully saturated rings. The molecule has 2 bridgehead atoms. The second-order valence-corrected chi connectivity index (χ2v) is 10.1. The van der Waals surface area contributed by atoms with Crippen molar-refractivity contribution in [2.24, 2.45) is 11.8 Å². The number of benzene rings is 4. The van der Waals surface area contributed by atoms with E-state index in [9.17, 15) is 14.4 Å². The van der Waals surface area contributed by atoms with Gasteiger partial charge in [0.05, 0.1) is 17.5 Å². The van der Waals surface area contributed by atoms with Gasteiger partial charge in [0.25, 0.3) is 5.91 Å². The van der Waals surface area contributed by atoms with Gasteiger partial charge in [-0.15, -0.1) is 0 Å². The first kappa shape index (κ1) is 21.7. The molecule has 1 aliphatic heterocycles. The van der Waals surface area contributed by atoms with Crippen LogP contribution in [0.3, 0.4) is 0 Å². The van der Waals surface area contributed by atoms with Crippen LogP contribution in [0.4, 0.5) is 11.4 Å². The number of carbonyl (C=O) groups is 3. The number of carbonyl (C=O) groups excluding carboxylic acids is 3. The van der Waals surface area contributed by atoms with Gasteiger partial charge in [-0.3, -0.25) is 14.4 Å². The number of rotatable bonds is 3. The zero-order chi connectivity index (χ0) is 25.3. The van der Waals surface area contributed by atoms with E-state index in [2.05, 4.69) is 29.6 Å². The van der Waals surface area contributed by atoms with E-state index in [1.807, 2.05) is 55.5 Å². The minimum Gasteiger partial charge on any atom is -0.322 e. The van der Waals surface area contributed by atoms with Crippen LogP contribution in [0.25, 0.3) is 0 Å². The van der Waals surface area contributed by atoms with Gasteiger partial charge in [0, 0.05) is 23.1 Å². The lowest BCUT2D eigenvalue weighted by Crippen LogP contribution is -2.41. The van der Waals surface area contributed by atoms with Gasteiger partial charge in [-0.05, 0) is 65.1 Å². The fourth-order valence-electron chi connectivity index (χ4n) is 6.60. The number of anilines is 2. The molecule has 5 heteroatoms. The number of nitrogens with one attached hydrogen (secondary N) is 1. The van der Waals surface area contributed by atoms with Crippen LogP contribution < -0.4 is 10.2 Å². The molecule has 1 heterocycles. The molecule has 1 N–H and O–H groups in total. The molecule has 180 valence electrons. The highest BCUT2D eigenvalue weighted by atomic mass is 16.2. The van der Waals surface area contributed by atoms with E-state index in [-0.39, 0.29) is 29.6 Å². The Hall–Kier alpha value is -4.51.